The van der Waals surface area contributed by atoms with E-state index in [0.717, 1.165) is 6.04 Å². The van der Waals surface area contributed by atoms with Gasteiger partial charge >= 0.3 is 8.80 Å². The maximum atomic E-state index is 5.27. The van der Waals surface area contributed by atoms with Crippen LogP contribution in [0.2, 0.25) is 6.04 Å². The zero-order valence-corrected chi connectivity index (χ0v) is 8.94. The molecular formula is C6H14O3SSi. The van der Waals surface area contributed by atoms with Gasteiger partial charge in [-0.2, -0.15) is 11.8 Å². The van der Waals surface area contributed by atoms with E-state index in [1.54, 1.807) is 21.3 Å². The standard InChI is InChI=1S/C6H14O3SSi/c1-7-11(8-2,9-3)5-6-4-10-6/h6H,4-5H2,1-3H3. The fourth-order valence-electron chi connectivity index (χ4n) is 0.965. The third-order valence-corrected chi connectivity index (χ3v) is 5.94. The lowest BCUT2D eigenvalue weighted by Gasteiger charge is -2.23. The zero-order valence-electron chi connectivity index (χ0n) is 7.12. The number of hydrogen-bond donors (Lipinski definition) is 0. The van der Waals surface area contributed by atoms with Crippen molar-refractivity contribution in [2.24, 2.45) is 0 Å². The highest BCUT2D eigenvalue weighted by Gasteiger charge is 2.44. The molecule has 1 unspecified atom stereocenters. The fourth-order valence-corrected chi connectivity index (χ4v) is 4.21. The summed E-state index contributed by atoms with van der Waals surface area (Å²) >= 11 is 1.94. The molecule has 0 aromatic heterocycles. The second-order valence-corrected chi connectivity index (χ2v) is 6.79. The normalized spacial score (nSPS) is 23.7. The van der Waals surface area contributed by atoms with Crippen molar-refractivity contribution in [1.82, 2.24) is 0 Å². The van der Waals surface area contributed by atoms with Crippen molar-refractivity contribution in [3.05, 3.63) is 0 Å². The third-order valence-electron chi connectivity index (χ3n) is 1.81. The minimum Gasteiger partial charge on any atom is -0.377 e. The quantitative estimate of drug-likeness (QED) is 0.482. The summed E-state index contributed by atoms with van der Waals surface area (Å²) in [6.07, 6.45) is 0. The van der Waals surface area contributed by atoms with Crippen molar-refractivity contribution >= 4 is 20.6 Å². The maximum Gasteiger partial charge on any atom is 0.501 e. The minimum atomic E-state index is -2.24. The summed E-state index contributed by atoms with van der Waals surface area (Å²) in [5.41, 5.74) is 0. The van der Waals surface area contributed by atoms with Gasteiger partial charge in [0.05, 0.1) is 0 Å². The van der Waals surface area contributed by atoms with Crippen LogP contribution in [0, 0.1) is 0 Å². The Bertz CT molecular complexity index is 117. The fraction of sp³-hybridized carbons (Fsp3) is 1.00. The van der Waals surface area contributed by atoms with Gasteiger partial charge in [-0.05, 0) is 0 Å². The van der Waals surface area contributed by atoms with Crippen molar-refractivity contribution in [3.8, 4) is 0 Å². The summed E-state index contributed by atoms with van der Waals surface area (Å²) in [6, 6.07) is 0.946. The Morgan fingerprint density at radius 1 is 1.27 bits per heavy atom. The van der Waals surface area contributed by atoms with Gasteiger partial charge in [0.2, 0.25) is 0 Å². The van der Waals surface area contributed by atoms with Crippen molar-refractivity contribution in [2.45, 2.75) is 11.3 Å². The smallest absolute Gasteiger partial charge is 0.377 e. The highest BCUT2D eigenvalue weighted by atomic mass is 32.2. The Balaban J connectivity index is 2.39. The summed E-state index contributed by atoms with van der Waals surface area (Å²) in [6.45, 7) is 0. The zero-order chi connectivity index (χ0) is 8.32. The molecule has 66 valence electrons. The van der Waals surface area contributed by atoms with E-state index in [1.165, 1.54) is 5.75 Å². The molecule has 0 bridgehead atoms. The first-order valence-corrected chi connectivity index (χ1v) is 6.51. The molecule has 0 amide bonds. The topological polar surface area (TPSA) is 27.7 Å². The molecule has 1 fully saturated rings. The van der Waals surface area contributed by atoms with E-state index in [-0.39, 0.29) is 0 Å². The molecule has 1 heterocycles. The van der Waals surface area contributed by atoms with Crippen molar-refractivity contribution in [1.29, 1.82) is 0 Å². The average molecular weight is 194 g/mol. The van der Waals surface area contributed by atoms with Crippen LogP contribution in [-0.4, -0.2) is 41.1 Å². The van der Waals surface area contributed by atoms with Crippen LogP contribution in [0.5, 0.6) is 0 Å². The van der Waals surface area contributed by atoms with Crippen LogP contribution in [0.3, 0.4) is 0 Å². The van der Waals surface area contributed by atoms with Gasteiger partial charge in [0.15, 0.2) is 0 Å². The Morgan fingerprint density at radius 3 is 2.00 bits per heavy atom. The first kappa shape index (κ1) is 9.53. The highest BCUT2D eigenvalue weighted by molar-refractivity contribution is 8.07. The molecule has 0 spiro atoms. The average Bonchev–Trinajstić information content (AvgIpc) is 2.84. The summed E-state index contributed by atoms with van der Waals surface area (Å²) < 4.78 is 15.8. The first-order chi connectivity index (χ1) is 5.26. The van der Waals surface area contributed by atoms with Gasteiger partial charge in [-0.3, -0.25) is 0 Å². The molecule has 0 aromatic carbocycles. The van der Waals surface area contributed by atoms with Gasteiger partial charge in [-0.1, -0.05) is 0 Å². The van der Waals surface area contributed by atoms with E-state index >= 15 is 0 Å². The Labute approximate surface area is 72.8 Å². The van der Waals surface area contributed by atoms with E-state index in [0.29, 0.717) is 5.25 Å². The third kappa shape index (κ3) is 2.45. The van der Waals surface area contributed by atoms with Crippen molar-refractivity contribution in [3.63, 3.8) is 0 Å². The minimum absolute atomic E-state index is 0.710. The van der Waals surface area contributed by atoms with E-state index < -0.39 is 8.80 Å². The number of rotatable bonds is 5. The van der Waals surface area contributed by atoms with Gasteiger partial charge in [0.25, 0.3) is 0 Å². The van der Waals surface area contributed by atoms with Crippen LogP contribution in [0.1, 0.15) is 0 Å². The van der Waals surface area contributed by atoms with Gasteiger partial charge in [-0.15, -0.1) is 0 Å². The van der Waals surface area contributed by atoms with Crippen molar-refractivity contribution in [2.75, 3.05) is 27.1 Å². The summed E-state index contributed by atoms with van der Waals surface area (Å²) in [4.78, 5) is 0. The molecule has 11 heavy (non-hydrogen) atoms. The molecular weight excluding hydrogens is 180 g/mol. The molecule has 1 aliphatic rings. The van der Waals surface area contributed by atoms with E-state index in [1.807, 2.05) is 11.8 Å². The van der Waals surface area contributed by atoms with Gasteiger partial charge in [0, 0.05) is 38.4 Å². The van der Waals surface area contributed by atoms with E-state index in [2.05, 4.69) is 0 Å². The van der Waals surface area contributed by atoms with Gasteiger partial charge in [0.1, 0.15) is 0 Å². The van der Waals surface area contributed by atoms with Crippen LogP contribution in [0.25, 0.3) is 0 Å². The molecule has 3 nitrogen and oxygen atoms in total. The molecule has 1 saturated heterocycles. The molecule has 1 atom stereocenters. The molecule has 0 N–H and O–H groups in total. The summed E-state index contributed by atoms with van der Waals surface area (Å²) in [7, 11) is 2.74. The van der Waals surface area contributed by atoms with Crippen molar-refractivity contribution < 1.29 is 13.3 Å². The van der Waals surface area contributed by atoms with Crippen LogP contribution < -0.4 is 0 Å². The lowest BCUT2D eigenvalue weighted by Crippen LogP contribution is -2.43. The van der Waals surface area contributed by atoms with E-state index in [9.17, 15) is 0 Å². The predicted molar refractivity (Wildman–Crippen MR) is 47.8 cm³/mol. The SMILES string of the molecule is CO[Si](CC1CS1)(OC)OC. The predicted octanol–water partition coefficient (Wildman–Crippen LogP) is 0.980. The van der Waals surface area contributed by atoms with Gasteiger partial charge in [-0.25, -0.2) is 0 Å². The van der Waals surface area contributed by atoms with Gasteiger partial charge < -0.3 is 13.3 Å². The van der Waals surface area contributed by atoms with Crippen LogP contribution in [0.4, 0.5) is 0 Å². The monoisotopic (exact) mass is 194 g/mol. The summed E-state index contributed by atoms with van der Waals surface area (Å²) in [5.74, 6) is 1.23. The summed E-state index contributed by atoms with van der Waals surface area (Å²) in [5, 5.41) is 0.710. The lowest BCUT2D eigenvalue weighted by molar-refractivity contribution is 0.124. The van der Waals surface area contributed by atoms with Crippen LogP contribution in [-0.2, 0) is 13.3 Å². The van der Waals surface area contributed by atoms with Crippen LogP contribution in [0.15, 0.2) is 0 Å². The first-order valence-electron chi connectivity index (χ1n) is 3.53. The molecule has 0 aliphatic carbocycles. The number of thioether (sulfide) groups is 1. The molecule has 0 radical (unpaired) electrons. The van der Waals surface area contributed by atoms with Crippen LogP contribution >= 0.6 is 11.8 Å². The van der Waals surface area contributed by atoms with E-state index in [4.69, 9.17) is 13.3 Å². The number of hydrogen-bond acceptors (Lipinski definition) is 4. The second kappa shape index (κ2) is 3.91. The largest absolute Gasteiger partial charge is 0.501 e. The maximum absolute atomic E-state index is 5.27. The Hall–Kier alpha value is 0.447. The highest BCUT2D eigenvalue weighted by Crippen LogP contribution is 2.37. The Morgan fingerprint density at radius 2 is 1.73 bits per heavy atom. The molecule has 1 aliphatic heterocycles. The molecule has 0 aromatic rings. The molecule has 1 rings (SSSR count). The second-order valence-electron chi connectivity index (χ2n) is 2.45. The molecule has 5 heteroatoms. The molecule has 0 saturated carbocycles. The lowest BCUT2D eigenvalue weighted by atomic mass is 10.6. The Kier molecular flexibility index (Phi) is 3.39.